The third-order valence-corrected chi connectivity index (χ3v) is 9.04. The first-order valence-corrected chi connectivity index (χ1v) is 16.3. The maximum atomic E-state index is 13.0. The van der Waals surface area contributed by atoms with Gasteiger partial charge in [0.15, 0.2) is 0 Å². The number of nitrogens with one attached hydrogen (secondary N) is 2. The predicted molar refractivity (Wildman–Crippen MR) is 169 cm³/mol. The number of unbranched alkanes of at least 4 members (excludes halogenated alkanes) is 2. The van der Waals surface area contributed by atoms with Gasteiger partial charge in [0.1, 0.15) is 11.4 Å². The van der Waals surface area contributed by atoms with Gasteiger partial charge >= 0.3 is 0 Å². The molecule has 1 heterocycles. The number of anilines is 2. The molecule has 7 nitrogen and oxygen atoms in total. The zero-order chi connectivity index (χ0) is 28.9. The van der Waals surface area contributed by atoms with Crippen LogP contribution in [-0.2, 0) is 9.47 Å². The molecule has 228 valence electrons. The van der Waals surface area contributed by atoms with E-state index in [9.17, 15) is 9.59 Å². The van der Waals surface area contributed by atoms with Gasteiger partial charge in [-0.25, -0.2) is 0 Å². The van der Waals surface area contributed by atoms with Crippen LogP contribution in [0.1, 0.15) is 95.6 Å². The average molecular weight is 568 g/mol. The number of nitrogens with zero attached hydrogens (tertiary/aromatic N) is 1. The summed E-state index contributed by atoms with van der Waals surface area (Å²) in [7, 11) is 1.71. The summed E-state index contributed by atoms with van der Waals surface area (Å²) in [5, 5.41) is 7.24. The van der Waals surface area contributed by atoms with Gasteiger partial charge < -0.3 is 25.0 Å². The van der Waals surface area contributed by atoms with Crippen LogP contribution in [0.3, 0.4) is 0 Å². The summed E-state index contributed by atoms with van der Waals surface area (Å²) < 4.78 is 11.7. The topological polar surface area (TPSA) is 79.9 Å². The van der Waals surface area contributed by atoms with Gasteiger partial charge in [0.2, 0.25) is 0 Å². The molecule has 1 saturated heterocycles. The van der Waals surface area contributed by atoms with E-state index in [0.29, 0.717) is 37.1 Å². The molecule has 0 radical (unpaired) electrons. The van der Waals surface area contributed by atoms with Gasteiger partial charge in [-0.15, -0.1) is 0 Å². The molecule has 2 aliphatic rings. The normalized spacial score (nSPS) is 19.9. The Morgan fingerprint density at radius 1 is 0.951 bits per heavy atom. The first kappa shape index (κ1) is 31.7. The highest BCUT2D eigenvalue weighted by Crippen LogP contribution is 2.36. The largest absolute Gasteiger partial charge is 0.385 e. The fourth-order valence-corrected chi connectivity index (χ4v) is 6.84. The van der Waals surface area contributed by atoms with Crippen molar-refractivity contribution in [2.45, 2.75) is 96.1 Å². The summed E-state index contributed by atoms with van der Waals surface area (Å²) in [6, 6.07) is 10.6. The smallest absolute Gasteiger partial charge is 0.253 e. The van der Waals surface area contributed by atoms with Gasteiger partial charge in [-0.1, -0.05) is 82.2 Å². The Morgan fingerprint density at radius 2 is 1.76 bits per heavy atom. The summed E-state index contributed by atoms with van der Waals surface area (Å²) in [6.45, 7) is 6.86. The van der Waals surface area contributed by atoms with Gasteiger partial charge in [0.05, 0.1) is 6.10 Å². The Morgan fingerprint density at radius 3 is 2.51 bits per heavy atom. The highest BCUT2D eigenvalue weighted by Gasteiger charge is 2.34. The molecule has 4 rings (SSSR count). The van der Waals surface area contributed by atoms with Crippen molar-refractivity contribution in [3.05, 3.63) is 56.3 Å². The minimum absolute atomic E-state index is 0.0508. The zero-order valence-electron chi connectivity index (χ0n) is 25.5. The minimum Gasteiger partial charge on any atom is -0.385 e. The lowest BCUT2D eigenvalue weighted by atomic mass is 9.84. The predicted octanol–water partition coefficient (Wildman–Crippen LogP) is 5.82. The Bertz CT molecular complexity index is 1080. The van der Waals surface area contributed by atoms with E-state index < -0.39 is 0 Å². The second kappa shape index (κ2) is 17.0. The van der Waals surface area contributed by atoms with Crippen LogP contribution in [0.5, 0.6) is 0 Å². The monoisotopic (exact) mass is 567 g/mol. The van der Waals surface area contributed by atoms with Crippen molar-refractivity contribution >= 4 is 11.4 Å². The first-order valence-electron chi connectivity index (χ1n) is 16.3. The van der Waals surface area contributed by atoms with Gasteiger partial charge in [-0.3, -0.25) is 9.59 Å². The SMILES string of the molecule is CCCCCNC[C@H](CC1CCCCC1)Nc1c(N2CCC[C@@H]([C@@H](OCCCOC)c3ccccc3)C2)c(=O)c1=O. The van der Waals surface area contributed by atoms with E-state index in [2.05, 4.69) is 46.7 Å². The molecule has 1 saturated carbocycles. The van der Waals surface area contributed by atoms with E-state index in [-0.39, 0.29) is 28.9 Å². The van der Waals surface area contributed by atoms with Crippen molar-refractivity contribution in [1.82, 2.24) is 5.32 Å². The number of benzene rings is 1. The Balaban J connectivity index is 1.46. The van der Waals surface area contributed by atoms with Crippen molar-refractivity contribution in [1.29, 1.82) is 0 Å². The lowest BCUT2D eigenvalue weighted by molar-refractivity contribution is -0.00235. The molecule has 0 unspecified atom stereocenters. The second-order valence-electron chi connectivity index (χ2n) is 12.3. The lowest BCUT2D eigenvalue weighted by Crippen LogP contribution is -2.49. The molecule has 2 aromatic carbocycles. The number of piperidine rings is 1. The van der Waals surface area contributed by atoms with Crippen LogP contribution in [0, 0.1) is 11.8 Å². The van der Waals surface area contributed by atoms with Crippen LogP contribution < -0.4 is 26.4 Å². The molecule has 7 heteroatoms. The first-order chi connectivity index (χ1) is 20.1. The van der Waals surface area contributed by atoms with Gasteiger partial charge in [-0.2, -0.15) is 0 Å². The van der Waals surface area contributed by atoms with Crippen molar-refractivity contribution < 1.29 is 9.47 Å². The van der Waals surface area contributed by atoms with Crippen LogP contribution in [0.2, 0.25) is 0 Å². The Kier molecular flexibility index (Phi) is 13.2. The highest BCUT2D eigenvalue weighted by molar-refractivity contribution is 5.75. The number of methoxy groups -OCH3 is 1. The van der Waals surface area contributed by atoms with Gasteiger partial charge in [0, 0.05) is 51.9 Å². The third-order valence-electron chi connectivity index (χ3n) is 9.04. The molecule has 0 spiro atoms. The molecule has 1 aliphatic carbocycles. The Labute approximate surface area is 247 Å². The van der Waals surface area contributed by atoms with Crippen molar-refractivity contribution in [3.63, 3.8) is 0 Å². The maximum Gasteiger partial charge on any atom is 0.253 e. The zero-order valence-corrected chi connectivity index (χ0v) is 25.5. The second-order valence-corrected chi connectivity index (χ2v) is 12.3. The summed E-state index contributed by atoms with van der Waals surface area (Å²) in [5.74, 6) is 0.930. The van der Waals surface area contributed by atoms with E-state index in [4.69, 9.17) is 9.47 Å². The lowest BCUT2D eigenvalue weighted by Gasteiger charge is -2.39. The van der Waals surface area contributed by atoms with E-state index in [0.717, 1.165) is 45.3 Å². The molecule has 2 fully saturated rings. The molecular weight excluding hydrogens is 514 g/mol. The van der Waals surface area contributed by atoms with Crippen LogP contribution >= 0.6 is 0 Å². The molecule has 1 aliphatic heterocycles. The Hall–Kier alpha value is -2.22. The van der Waals surface area contributed by atoms with Crippen LogP contribution in [0.25, 0.3) is 0 Å². The number of hydrogen-bond acceptors (Lipinski definition) is 7. The average Bonchev–Trinajstić information content (AvgIpc) is 3.01. The van der Waals surface area contributed by atoms with Crippen LogP contribution in [0.15, 0.2) is 39.9 Å². The summed E-state index contributed by atoms with van der Waals surface area (Å²) in [5.41, 5.74) is 1.63. The minimum atomic E-state index is -0.350. The maximum absolute atomic E-state index is 13.0. The summed E-state index contributed by atoms with van der Waals surface area (Å²) in [4.78, 5) is 28.1. The number of ether oxygens (including phenoxy) is 2. The molecule has 2 aromatic rings. The molecule has 41 heavy (non-hydrogen) atoms. The number of rotatable bonds is 18. The van der Waals surface area contributed by atoms with E-state index >= 15 is 0 Å². The molecule has 0 bridgehead atoms. The van der Waals surface area contributed by atoms with E-state index in [1.54, 1.807) is 7.11 Å². The van der Waals surface area contributed by atoms with E-state index in [1.165, 1.54) is 56.9 Å². The third kappa shape index (κ3) is 9.13. The molecule has 3 atom stereocenters. The van der Waals surface area contributed by atoms with Crippen LogP contribution in [-0.4, -0.2) is 52.5 Å². The molecular formula is C34H53N3O4. The van der Waals surface area contributed by atoms with Crippen molar-refractivity contribution in [2.24, 2.45) is 11.8 Å². The highest BCUT2D eigenvalue weighted by atomic mass is 16.5. The van der Waals surface area contributed by atoms with Crippen molar-refractivity contribution in [2.75, 3.05) is 56.7 Å². The fourth-order valence-electron chi connectivity index (χ4n) is 6.84. The molecule has 0 amide bonds. The quantitative estimate of drug-likeness (QED) is 0.173. The summed E-state index contributed by atoms with van der Waals surface area (Å²) in [6.07, 6.45) is 13.9. The summed E-state index contributed by atoms with van der Waals surface area (Å²) >= 11 is 0. The van der Waals surface area contributed by atoms with Crippen molar-refractivity contribution in [3.8, 4) is 0 Å². The standard InChI is InChI=1S/C34H53N3O4/c1-3-4-11-19-35-24-29(23-26-14-7-5-8-15-26)36-30-31(33(39)32(30)38)37-20-12-18-28(25-37)34(41-22-13-21-40-2)27-16-9-6-10-17-27/h6,9-10,16-17,26,28-29,34-36H,3-5,7-8,11-15,18-25H2,1-2H3/t28-,29+,34+/m1/s1. The fraction of sp³-hybridized carbons (Fsp3) is 0.706. The van der Waals surface area contributed by atoms with Crippen LogP contribution in [0.4, 0.5) is 11.4 Å². The van der Waals surface area contributed by atoms with Gasteiger partial charge in [-0.05, 0) is 50.1 Å². The molecule has 0 aromatic heterocycles. The van der Waals surface area contributed by atoms with E-state index in [1.807, 2.05) is 6.07 Å². The number of hydrogen-bond donors (Lipinski definition) is 2. The molecule has 2 N–H and O–H groups in total. The van der Waals surface area contributed by atoms with Gasteiger partial charge in [0.25, 0.3) is 10.9 Å².